The first-order chi connectivity index (χ1) is 6.66. The summed E-state index contributed by atoms with van der Waals surface area (Å²) < 4.78 is 56.5. The molecule has 1 rings (SSSR count). The van der Waals surface area contributed by atoms with Crippen LogP contribution in [0.25, 0.3) is 0 Å². The molecule has 1 aromatic rings. The number of hydrogen-bond acceptors (Lipinski definition) is 2. The van der Waals surface area contributed by atoms with Crippen LogP contribution in [0.15, 0.2) is 22.2 Å². The summed E-state index contributed by atoms with van der Waals surface area (Å²) in [4.78, 5) is 2.07. The zero-order valence-electron chi connectivity index (χ0n) is 6.74. The monoisotopic (exact) mass is 283 g/mol. The van der Waals surface area contributed by atoms with Gasteiger partial charge >= 0.3 is 10.2 Å². The minimum Gasteiger partial charge on any atom is -0.355 e. The van der Waals surface area contributed by atoms with Gasteiger partial charge in [-0.15, -0.1) is 0 Å². The fourth-order valence-corrected chi connectivity index (χ4v) is 2.17. The molecule has 1 N–H and O–H groups in total. The quantitative estimate of drug-likeness (QED) is 0.499. The van der Waals surface area contributed by atoms with Crippen molar-refractivity contribution in [3.63, 3.8) is 0 Å². The van der Waals surface area contributed by atoms with E-state index in [-0.39, 0.29) is 33.4 Å². The molecule has 0 saturated carbocycles. The summed E-state index contributed by atoms with van der Waals surface area (Å²) in [6.45, 7) is 0. The van der Waals surface area contributed by atoms with Gasteiger partial charge in [0.15, 0.2) is 0 Å². The molecule has 0 aliphatic rings. The highest BCUT2D eigenvalue weighted by molar-refractivity contribution is 8.01. The van der Waals surface area contributed by atoms with E-state index in [0.717, 1.165) is 12.3 Å². The number of hydrogen-bond donors (Lipinski definition) is 1. The van der Waals surface area contributed by atoms with Crippen LogP contribution in [0.5, 0.6) is 0 Å². The Morgan fingerprint density at radius 1 is 1.13 bits per heavy atom. The van der Waals surface area contributed by atoms with Gasteiger partial charge in [-0.1, -0.05) is 0 Å². The van der Waals surface area contributed by atoms with Crippen LogP contribution in [0.4, 0.5) is 22.0 Å². The van der Waals surface area contributed by atoms with Gasteiger partial charge in [0.1, 0.15) is 0 Å². The number of aromatic amines is 1. The molecule has 0 bridgehead atoms. The Labute approximate surface area is 94.7 Å². The Bertz CT molecular complexity index is 300. The van der Waals surface area contributed by atoms with E-state index >= 15 is 0 Å². The van der Waals surface area contributed by atoms with Gasteiger partial charge in [0.05, 0.1) is 5.03 Å². The Hall–Kier alpha value is -0.0800. The van der Waals surface area contributed by atoms with Crippen LogP contribution in [0.2, 0.25) is 0 Å². The predicted octanol–water partition coefficient (Wildman–Crippen LogP) is 4.51. The molecule has 15 heavy (non-hydrogen) atoms. The first-order valence-corrected chi connectivity index (χ1v) is 5.37. The summed E-state index contributed by atoms with van der Waals surface area (Å²) in [6.07, 6.45) is 0.989. The van der Waals surface area contributed by atoms with Gasteiger partial charge in [-0.2, -0.15) is 22.0 Å². The minimum atomic E-state index is -4.44. The highest BCUT2D eigenvalue weighted by atomic mass is 35.5. The predicted molar refractivity (Wildman–Crippen MR) is 49.4 cm³/mol. The minimum absolute atomic E-state index is 0.0566. The highest BCUT2D eigenvalue weighted by Crippen LogP contribution is 2.42. The molecule has 86 valence electrons. The summed E-state index contributed by atoms with van der Waals surface area (Å²) >= 11 is 4.15. The molecule has 0 aromatic carbocycles. The highest BCUT2D eigenvalue weighted by Gasteiger charge is 2.31. The van der Waals surface area contributed by atoms with Crippen LogP contribution in [-0.4, -0.2) is 15.2 Å². The maximum atomic E-state index is 12.2. The second-order valence-corrected chi connectivity index (χ2v) is 5.29. The van der Waals surface area contributed by atoms with E-state index in [1.165, 1.54) is 0 Å². The lowest BCUT2D eigenvalue weighted by molar-refractivity contribution is -0.0328. The number of rotatable bonds is 3. The lowest BCUT2D eigenvalue weighted by atomic mass is 10.7. The fraction of sp³-hybridized carbons (Fsp3) is 0.333. The molecule has 0 saturated heterocycles. The Kier molecular flexibility index (Phi) is 3.83. The molecule has 0 unspecified atom stereocenters. The Morgan fingerprint density at radius 2 is 1.73 bits per heavy atom. The summed E-state index contributed by atoms with van der Waals surface area (Å²) in [5.74, 6) is 0. The van der Waals surface area contributed by atoms with Gasteiger partial charge in [0.2, 0.25) is 0 Å². The van der Waals surface area contributed by atoms with Crippen molar-refractivity contribution in [3.05, 3.63) is 12.3 Å². The van der Waals surface area contributed by atoms with Gasteiger partial charge in [-0.3, -0.25) is 0 Å². The molecule has 1 heterocycles. The molecule has 1 aromatic heterocycles. The van der Waals surface area contributed by atoms with Crippen LogP contribution < -0.4 is 0 Å². The molecule has 9 heteroatoms. The van der Waals surface area contributed by atoms with E-state index < -0.39 is 10.2 Å². The van der Waals surface area contributed by atoms with Crippen molar-refractivity contribution in [2.45, 2.75) is 20.1 Å². The molecule has 0 spiro atoms. The van der Waals surface area contributed by atoms with Crippen LogP contribution in [0.3, 0.4) is 0 Å². The molecule has 0 fully saturated rings. The molecule has 0 aliphatic heterocycles. The van der Waals surface area contributed by atoms with Crippen molar-refractivity contribution in [1.29, 1.82) is 0 Å². The van der Waals surface area contributed by atoms with Crippen molar-refractivity contribution >= 4 is 35.1 Å². The molecule has 0 amide bonds. The average molecular weight is 284 g/mol. The third kappa shape index (κ3) is 5.53. The van der Waals surface area contributed by atoms with E-state index in [0.29, 0.717) is 0 Å². The van der Waals surface area contributed by atoms with E-state index in [2.05, 4.69) is 16.6 Å². The largest absolute Gasteiger partial charge is 0.446 e. The van der Waals surface area contributed by atoms with E-state index in [9.17, 15) is 22.0 Å². The van der Waals surface area contributed by atoms with Crippen LogP contribution >= 0.6 is 35.1 Å². The Morgan fingerprint density at radius 3 is 2.20 bits per heavy atom. The lowest BCUT2D eigenvalue weighted by Gasteiger charge is -2.03. The van der Waals surface area contributed by atoms with Gasteiger partial charge < -0.3 is 4.98 Å². The van der Waals surface area contributed by atoms with E-state index in [4.69, 9.17) is 0 Å². The first kappa shape index (κ1) is 13.0. The Balaban J connectivity index is 2.65. The van der Waals surface area contributed by atoms with Gasteiger partial charge in [0.25, 0.3) is 0 Å². The summed E-state index contributed by atoms with van der Waals surface area (Å²) in [5, 5.41) is -0.123. The zero-order valence-corrected chi connectivity index (χ0v) is 9.13. The lowest BCUT2D eigenvalue weighted by Crippen LogP contribution is -1.98. The standard InChI is InChI=1S/C6H3ClF5NS2/c7-5(8,9)15-4-1-3(2-13-4)14-6(10,11)12/h1-2,13H. The van der Waals surface area contributed by atoms with Crippen LogP contribution in [0, 0.1) is 0 Å². The first-order valence-electron chi connectivity index (χ1n) is 3.36. The smallest absolute Gasteiger partial charge is 0.355 e. The van der Waals surface area contributed by atoms with Gasteiger partial charge in [-0.05, 0) is 41.2 Å². The molecule has 0 atom stereocenters. The summed E-state index contributed by atoms with van der Waals surface area (Å²) in [6, 6.07) is 0.957. The summed E-state index contributed by atoms with van der Waals surface area (Å²) in [7, 11) is 0. The maximum absolute atomic E-state index is 12.2. The van der Waals surface area contributed by atoms with Crippen molar-refractivity contribution in [2.75, 3.05) is 0 Å². The van der Waals surface area contributed by atoms with Gasteiger partial charge in [-0.25, -0.2) is 0 Å². The van der Waals surface area contributed by atoms with Crippen LogP contribution in [-0.2, 0) is 0 Å². The van der Waals surface area contributed by atoms with Crippen molar-refractivity contribution in [3.8, 4) is 0 Å². The molecular formula is C6H3ClF5NS2. The third-order valence-electron chi connectivity index (χ3n) is 1.09. The third-order valence-corrected chi connectivity index (χ3v) is 2.71. The normalized spacial score (nSPS) is 13.2. The fourth-order valence-electron chi connectivity index (χ4n) is 0.731. The number of H-pyrrole nitrogens is 1. The molecule has 0 radical (unpaired) electrons. The second kappa shape index (κ2) is 4.42. The van der Waals surface area contributed by atoms with E-state index in [1.807, 2.05) is 0 Å². The van der Waals surface area contributed by atoms with Crippen LogP contribution in [0.1, 0.15) is 0 Å². The van der Waals surface area contributed by atoms with Crippen molar-refractivity contribution in [1.82, 2.24) is 4.98 Å². The molecule has 1 nitrogen and oxygen atoms in total. The van der Waals surface area contributed by atoms with Crippen molar-refractivity contribution in [2.24, 2.45) is 0 Å². The average Bonchev–Trinajstić information content (AvgIpc) is 2.28. The number of nitrogens with one attached hydrogen (secondary N) is 1. The second-order valence-electron chi connectivity index (χ2n) is 2.30. The number of thioether (sulfide) groups is 2. The summed E-state index contributed by atoms with van der Waals surface area (Å²) in [5.41, 5.74) is -4.44. The zero-order chi connectivity index (χ0) is 11.7. The molecular weight excluding hydrogens is 281 g/mol. The topological polar surface area (TPSA) is 15.8 Å². The van der Waals surface area contributed by atoms with E-state index in [1.54, 1.807) is 0 Å². The number of aromatic nitrogens is 1. The molecule has 0 aliphatic carbocycles. The van der Waals surface area contributed by atoms with Gasteiger partial charge in [0, 0.05) is 11.1 Å². The van der Waals surface area contributed by atoms with Crippen molar-refractivity contribution < 1.29 is 22.0 Å². The number of alkyl halides is 6. The SMILES string of the molecule is FC(F)(F)Sc1c[nH]c(SC(F)(F)Cl)c1. The number of halogens is 6. The maximum Gasteiger partial charge on any atom is 0.446 e.